The number of rotatable bonds is 9. The first-order valence-corrected chi connectivity index (χ1v) is 15.1. The van der Waals surface area contributed by atoms with Gasteiger partial charge in [0.05, 0.1) is 19.1 Å². The van der Waals surface area contributed by atoms with Crippen LogP contribution in [0.2, 0.25) is 0 Å². The largest absolute Gasteiger partial charge is 0.317 e. The first-order valence-electron chi connectivity index (χ1n) is 15.1. The van der Waals surface area contributed by atoms with Crippen LogP contribution < -0.4 is 10.6 Å². The maximum absolute atomic E-state index is 4.20. The lowest BCUT2D eigenvalue weighted by atomic mass is 9.86. The monoisotopic (exact) mass is 507 g/mol. The van der Waals surface area contributed by atoms with Crippen molar-refractivity contribution in [1.29, 1.82) is 0 Å². The molecule has 3 fully saturated rings. The van der Waals surface area contributed by atoms with Crippen molar-refractivity contribution in [2.45, 2.75) is 44.8 Å². The van der Waals surface area contributed by atoms with Gasteiger partial charge in [-0.1, -0.05) is 56.3 Å². The molecule has 2 aromatic rings. The van der Waals surface area contributed by atoms with Crippen molar-refractivity contribution < 1.29 is 4.48 Å². The molecule has 2 unspecified atom stereocenters. The molecule has 3 aliphatic heterocycles. The molecule has 0 aliphatic carbocycles. The molecule has 0 bridgehead atoms. The van der Waals surface area contributed by atoms with E-state index in [2.05, 4.69) is 88.7 Å². The Balaban J connectivity index is 1.55. The molecule has 5 rings (SSSR count). The van der Waals surface area contributed by atoms with E-state index in [0.717, 1.165) is 51.9 Å². The van der Waals surface area contributed by atoms with Crippen LogP contribution in [0.4, 0.5) is 0 Å². The van der Waals surface area contributed by atoms with Crippen molar-refractivity contribution in [3.63, 3.8) is 0 Å². The maximum Gasteiger partial charge on any atom is 0.149 e. The molecule has 3 saturated heterocycles. The SMILES string of the molecule is CCN(CC)CCC[N+]1(C2CCN(C)CC2)CCNC(c2cccc3ccccc23)(N2CCNCC2)C1. The molecule has 3 aliphatic rings. The van der Waals surface area contributed by atoms with Crippen LogP contribution in [0.25, 0.3) is 10.8 Å². The van der Waals surface area contributed by atoms with Gasteiger partial charge in [0.15, 0.2) is 0 Å². The fourth-order valence-electron chi connectivity index (χ4n) is 7.65. The topological polar surface area (TPSA) is 33.8 Å². The Hall–Kier alpha value is -1.54. The number of benzene rings is 2. The molecule has 0 radical (unpaired) electrons. The molecule has 0 saturated carbocycles. The summed E-state index contributed by atoms with van der Waals surface area (Å²) in [6, 6.07) is 16.8. The molecule has 37 heavy (non-hydrogen) atoms. The zero-order valence-electron chi connectivity index (χ0n) is 23.7. The number of fused-ring (bicyclic) bond motifs is 1. The molecule has 3 heterocycles. The number of hydrogen-bond acceptors (Lipinski definition) is 5. The second-order valence-electron chi connectivity index (χ2n) is 11.8. The third kappa shape index (κ3) is 5.61. The molecule has 2 aromatic carbocycles. The van der Waals surface area contributed by atoms with E-state index in [1.165, 1.54) is 79.3 Å². The molecule has 6 heteroatoms. The van der Waals surface area contributed by atoms with Gasteiger partial charge in [0.25, 0.3) is 0 Å². The van der Waals surface area contributed by atoms with E-state index >= 15 is 0 Å². The van der Waals surface area contributed by atoms with E-state index in [1.807, 2.05) is 0 Å². The predicted octanol–water partition coefficient (Wildman–Crippen LogP) is 3.14. The molecule has 2 atom stereocenters. The van der Waals surface area contributed by atoms with Gasteiger partial charge in [-0.3, -0.25) is 10.2 Å². The summed E-state index contributed by atoms with van der Waals surface area (Å²) in [5, 5.41) is 10.6. The van der Waals surface area contributed by atoms with Gasteiger partial charge >= 0.3 is 0 Å². The highest BCUT2D eigenvalue weighted by Gasteiger charge is 2.53. The van der Waals surface area contributed by atoms with Gasteiger partial charge < -0.3 is 19.6 Å². The van der Waals surface area contributed by atoms with Gasteiger partial charge in [0, 0.05) is 77.2 Å². The maximum atomic E-state index is 4.20. The lowest BCUT2D eigenvalue weighted by Crippen LogP contribution is -2.76. The summed E-state index contributed by atoms with van der Waals surface area (Å²) in [5.74, 6) is 0. The van der Waals surface area contributed by atoms with E-state index in [9.17, 15) is 0 Å². The quantitative estimate of drug-likeness (QED) is 0.510. The van der Waals surface area contributed by atoms with Crippen molar-refractivity contribution in [1.82, 2.24) is 25.3 Å². The minimum atomic E-state index is -0.125. The smallest absolute Gasteiger partial charge is 0.149 e. The molecule has 0 amide bonds. The zero-order valence-corrected chi connectivity index (χ0v) is 23.7. The van der Waals surface area contributed by atoms with Crippen LogP contribution in [0.3, 0.4) is 0 Å². The van der Waals surface area contributed by atoms with E-state index in [-0.39, 0.29) is 5.66 Å². The highest BCUT2D eigenvalue weighted by atomic mass is 15.5. The van der Waals surface area contributed by atoms with Gasteiger partial charge in [-0.15, -0.1) is 0 Å². The van der Waals surface area contributed by atoms with Crippen LogP contribution in [0.15, 0.2) is 42.5 Å². The van der Waals surface area contributed by atoms with Crippen LogP contribution in [0.1, 0.15) is 38.7 Å². The second kappa shape index (κ2) is 12.1. The van der Waals surface area contributed by atoms with Gasteiger partial charge in [0.2, 0.25) is 0 Å². The highest BCUT2D eigenvalue weighted by molar-refractivity contribution is 5.86. The molecular formula is C31H51N6+. The van der Waals surface area contributed by atoms with Crippen LogP contribution >= 0.6 is 0 Å². The molecular weight excluding hydrogens is 456 g/mol. The minimum Gasteiger partial charge on any atom is -0.317 e. The van der Waals surface area contributed by atoms with E-state index in [0.29, 0.717) is 0 Å². The van der Waals surface area contributed by atoms with Crippen LogP contribution in [-0.4, -0.2) is 117 Å². The van der Waals surface area contributed by atoms with Crippen molar-refractivity contribution in [2.75, 3.05) is 92.1 Å². The Morgan fingerprint density at radius 3 is 2.43 bits per heavy atom. The Labute approximate surface area is 225 Å². The summed E-state index contributed by atoms with van der Waals surface area (Å²) in [6.07, 6.45) is 3.95. The number of piperidine rings is 1. The molecule has 0 aromatic heterocycles. The molecule has 2 N–H and O–H groups in total. The Morgan fingerprint density at radius 2 is 1.68 bits per heavy atom. The van der Waals surface area contributed by atoms with Crippen molar-refractivity contribution in [3.05, 3.63) is 48.0 Å². The van der Waals surface area contributed by atoms with Crippen molar-refractivity contribution in [3.8, 4) is 0 Å². The van der Waals surface area contributed by atoms with Gasteiger partial charge in [-0.05, 0) is 30.9 Å². The third-order valence-corrected chi connectivity index (χ3v) is 9.85. The summed E-state index contributed by atoms with van der Waals surface area (Å²) in [4.78, 5) is 7.96. The second-order valence-corrected chi connectivity index (χ2v) is 11.8. The van der Waals surface area contributed by atoms with Crippen LogP contribution in [-0.2, 0) is 5.66 Å². The number of nitrogens with one attached hydrogen (secondary N) is 2. The van der Waals surface area contributed by atoms with Gasteiger partial charge in [-0.2, -0.15) is 0 Å². The predicted molar refractivity (Wildman–Crippen MR) is 156 cm³/mol. The van der Waals surface area contributed by atoms with Gasteiger partial charge in [-0.25, -0.2) is 0 Å². The Kier molecular flexibility index (Phi) is 8.85. The summed E-state index contributed by atoms with van der Waals surface area (Å²) in [6.45, 7) is 19.8. The third-order valence-electron chi connectivity index (χ3n) is 9.85. The molecule has 204 valence electrons. The first kappa shape index (κ1) is 27.0. The number of quaternary nitrogens is 1. The number of nitrogens with zero attached hydrogens (tertiary/aromatic N) is 4. The fourth-order valence-corrected chi connectivity index (χ4v) is 7.65. The average molecular weight is 508 g/mol. The van der Waals surface area contributed by atoms with Crippen molar-refractivity contribution >= 4 is 10.8 Å². The van der Waals surface area contributed by atoms with Gasteiger partial charge in [0.1, 0.15) is 12.2 Å². The zero-order chi connectivity index (χ0) is 25.7. The van der Waals surface area contributed by atoms with E-state index < -0.39 is 0 Å². The molecule has 0 spiro atoms. The van der Waals surface area contributed by atoms with Crippen LogP contribution in [0, 0.1) is 0 Å². The number of piperazine rings is 2. The summed E-state index contributed by atoms with van der Waals surface area (Å²) in [5.41, 5.74) is 1.37. The van der Waals surface area contributed by atoms with Crippen LogP contribution in [0.5, 0.6) is 0 Å². The normalized spacial score (nSPS) is 28.8. The highest BCUT2D eigenvalue weighted by Crippen LogP contribution is 2.39. The minimum absolute atomic E-state index is 0.125. The lowest BCUT2D eigenvalue weighted by Gasteiger charge is -2.58. The first-order chi connectivity index (χ1) is 18.1. The summed E-state index contributed by atoms with van der Waals surface area (Å²) >= 11 is 0. The summed E-state index contributed by atoms with van der Waals surface area (Å²) < 4.78 is 1.27. The lowest BCUT2D eigenvalue weighted by molar-refractivity contribution is -0.961. The standard InChI is InChI=1S/C31H51N6/c1-4-35(5-2)19-9-24-37(28-14-20-34(3)21-15-28)25-18-33-31(26-37,36-22-16-32-17-23-36)30-13-8-11-27-10-6-7-12-29(27)30/h6-8,10-13,28,32-33H,4-5,9,14-26H2,1-3H3/q+1. The van der Waals surface area contributed by atoms with E-state index in [1.54, 1.807) is 0 Å². The number of hydrogen-bond donors (Lipinski definition) is 2. The molecule has 6 nitrogen and oxygen atoms in total. The Bertz CT molecular complexity index is 989. The van der Waals surface area contributed by atoms with E-state index in [4.69, 9.17) is 0 Å². The summed E-state index contributed by atoms with van der Waals surface area (Å²) in [7, 11) is 2.31. The average Bonchev–Trinajstić information content (AvgIpc) is 2.96. The fraction of sp³-hybridized carbons (Fsp3) is 0.677. The Morgan fingerprint density at radius 1 is 0.946 bits per heavy atom. The number of likely N-dealkylation sites (tertiary alicyclic amines) is 1. The van der Waals surface area contributed by atoms with Crippen molar-refractivity contribution in [2.24, 2.45) is 0 Å².